The second kappa shape index (κ2) is 7.22. The minimum atomic E-state index is -0.879. The number of anilines is 1. The van der Waals surface area contributed by atoms with Crippen molar-refractivity contribution in [3.05, 3.63) is 29.8 Å². The fraction of sp³-hybridized carbons (Fsp3) is 0.500. The van der Waals surface area contributed by atoms with E-state index >= 15 is 0 Å². The third kappa shape index (κ3) is 3.82. The molecule has 5 heteroatoms. The van der Waals surface area contributed by atoms with Gasteiger partial charge in [-0.15, -0.1) is 0 Å². The lowest BCUT2D eigenvalue weighted by atomic mass is 9.95. The summed E-state index contributed by atoms with van der Waals surface area (Å²) in [4.78, 5) is 23.5. The van der Waals surface area contributed by atoms with Gasteiger partial charge in [-0.25, -0.2) is 0 Å². The molecule has 2 rings (SSSR count). The average molecular weight is 291 g/mol. The summed E-state index contributed by atoms with van der Waals surface area (Å²) in [5, 5.41) is 12.0. The maximum absolute atomic E-state index is 12.3. The molecule has 0 radical (unpaired) electrons. The number of benzene rings is 1. The van der Waals surface area contributed by atoms with Crippen LogP contribution in [0.15, 0.2) is 24.3 Å². The predicted octanol–water partition coefficient (Wildman–Crippen LogP) is 2.66. The van der Waals surface area contributed by atoms with Crippen LogP contribution in [0.2, 0.25) is 0 Å². The Hall–Kier alpha value is -1.88. The third-order valence-corrected chi connectivity index (χ3v) is 3.91. The van der Waals surface area contributed by atoms with E-state index < -0.39 is 17.8 Å². The maximum atomic E-state index is 12.3. The number of ether oxygens (including phenoxy) is 1. The minimum absolute atomic E-state index is 0.205. The highest BCUT2D eigenvalue weighted by atomic mass is 16.5. The van der Waals surface area contributed by atoms with Gasteiger partial charge >= 0.3 is 5.97 Å². The number of para-hydroxylation sites is 1. The van der Waals surface area contributed by atoms with E-state index in [1.807, 2.05) is 31.2 Å². The number of hydrogen-bond acceptors (Lipinski definition) is 3. The minimum Gasteiger partial charge on any atom is -0.481 e. The molecule has 2 N–H and O–H groups in total. The van der Waals surface area contributed by atoms with Crippen molar-refractivity contribution < 1.29 is 19.4 Å². The molecule has 0 aromatic heterocycles. The summed E-state index contributed by atoms with van der Waals surface area (Å²) in [7, 11) is 0. The van der Waals surface area contributed by atoms with Crippen LogP contribution in [0.1, 0.15) is 31.7 Å². The number of amides is 1. The Bertz CT molecular complexity index is 515. The third-order valence-electron chi connectivity index (χ3n) is 3.91. The van der Waals surface area contributed by atoms with Crippen LogP contribution in [0.4, 0.5) is 5.69 Å². The zero-order valence-electron chi connectivity index (χ0n) is 12.2. The van der Waals surface area contributed by atoms with Crippen molar-refractivity contribution in [2.75, 3.05) is 11.9 Å². The summed E-state index contributed by atoms with van der Waals surface area (Å²) >= 11 is 0. The smallest absolute Gasteiger partial charge is 0.307 e. The molecule has 5 nitrogen and oxygen atoms in total. The molecule has 0 aliphatic heterocycles. The molecule has 1 aliphatic carbocycles. The van der Waals surface area contributed by atoms with Crippen LogP contribution in [-0.2, 0) is 20.9 Å². The quantitative estimate of drug-likeness (QED) is 0.845. The van der Waals surface area contributed by atoms with Gasteiger partial charge in [-0.05, 0) is 25.8 Å². The monoisotopic (exact) mass is 291 g/mol. The number of carboxylic acid groups (broad SMARTS) is 1. The molecule has 0 saturated heterocycles. The Morgan fingerprint density at radius 1 is 1.29 bits per heavy atom. The summed E-state index contributed by atoms with van der Waals surface area (Å²) in [6, 6.07) is 7.44. The summed E-state index contributed by atoms with van der Waals surface area (Å²) < 4.78 is 5.38. The van der Waals surface area contributed by atoms with Gasteiger partial charge < -0.3 is 15.2 Å². The van der Waals surface area contributed by atoms with Gasteiger partial charge in [-0.2, -0.15) is 0 Å². The molecule has 1 aromatic rings. The van der Waals surface area contributed by atoms with E-state index in [1.165, 1.54) is 0 Å². The normalized spacial score (nSPS) is 21.2. The standard InChI is InChI=1S/C16H21NO4/c1-2-21-10-11-6-3-4-9-14(11)17-15(18)12-7-5-8-13(12)16(19)20/h3-4,6,9,12-13H,2,5,7-8,10H2,1H3,(H,17,18)(H,19,20)/t12-,13+/m1/s1. The Morgan fingerprint density at radius 2 is 2.00 bits per heavy atom. The summed E-state index contributed by atoms with van der Waals surface area (Å²) in [5.41, 5.74) is 1.60. The largest absolute Gasteiger partial charge is 0.481 e. The van der Waals surface area contributed by atoms with Crippen LogP contribution in [0.3, 0.4) is 0 Å². The predicted molar refractivity (Wildman–Crippen MR) is 78.9 cm³/mol. The average Bonchev–Trinajstić information content (AvgIpc) is 2.96. The second-order valence-corrected chi connectivity index (χ2v) is 5.27. The topological polar surface area (TPSA) is 75.6 Å². The molecule has 1 amide bonds. The Kier molecular flexibility index (Phi) is 5.33. The highest BCUT2D eigenvalue weighted by Gasteiger charge is 2.37. The highest BCUT2D eigenvalue weighted by molar-refractivity contribution is 5.96. The van der Waals surface area contributed by atoms with Gasteiger partial charge in [0.25, 0.3) is 0 Å². The number of aliphatic carboxylic acids is 1. The molecule has 2 atom stereocenters. The van der Waals surface area contributed by atoms with E-state index in [0.29, 0.717) is 31.7 Å². The summed E-state index contributed by atoms with van der Waals surface area (Å²) in [5.74, 6) is -2.09. The molecule has 1 saturated carbocycles. The first kappa shape index (κ1) is 15.5. The number of carboxylic acids is 1. The van der Waals surface area contributed by atoms with Crippen molar-refractivity contribution in [2.24, 2.45) is 11.8 Å². The van der Waals surface area contributed by atoms with Crippen LogP contribution in [0.25, 0.3) is 0 Å². The van der Waals surface area contributed by atoms with Crippen molar-refractivity contribution in [2.45, 2.75) is 32.8 Å². The highest BCUT2D eigenvalue weighted by Crippen LogP contribution is 2.33. The zero-order chi connectivity index (χ0) is 15.2. The molecule has 1 fully saturated rings. The van der Waals surface area contributed by atoms with Gasteiger partial charge in [0.2, 0.25) is 5.91 Å². The fourth-order valence-corrected chi connectivity index (χ4v) is 2.78. The summed E-state index contributed by atoms with van der Waals surface area (Å²) in [6.07, 6.45) is 2.00. The van der Waals surface area contributed by atoms with Crippen molar-refractivity contribution in [3.63, 3.8) is 0 Å². The van der Waals surface area contributed by atoms with Crippen molar-refractivity contribution in [3.8, 4) is 0 Å². The molecule has 21 heavy (non-hydrogen) atoms. The molecule has 1 aromatic carbocycles. The van der Waals surface area contributed by atoms with Crippen molar-refractivity contribution in [1.82, 2.24) is 0 Å². The van der Waals surface area contributed by atoms with Gasteiger partial charge in [0.1, 0.15) is 0 Å². The molecule has 114 valence electrons. The van der Waals surface area contributed by atoms with E-state index in [0.717, 1.165) is 12.0 Å². The molecule has 0 heterocycles. The second-order valence-electron chi connectivity index (χ2n) is 5.27. The molecule has 0 unspecified atom stereocenters. The fourth-order valence-electron chi connectivity index (χ4n) is 2.78. The lowest BCUT2D eigenvalue weighted by Gasteiger charge is -2.17. The SMILES string of the molecule is CCOCc1ccccc1NC(=O)[C@@H]1CCC[C@@H]1C(=O)O. The molecule has 0 bridgehead atoms. The summed E-state index contributed by atoms with van der Waals surface area (Å²) in [6.45, 7) is 2.95. The Morgan fingerprint density at radius 3 is 2.71 bits per heavy atom. The first-order chi connectivity index (χ1) is 10.1. The maximum Gasteiger partial charge on any atom is 0.307 e. The van der Waals surface area contributed by atoms with E-state index in [9.17, 15) is 9.59 Å². The number of carbonyl (C=O) groups excluding carboxylic acids is 1. The molecule has 1 aliphatic rings. The molecule has 0 spiro atoms. The number of carbonyl (C=O) groups is 2. The van der Waals surface area contributed by atoms with Crippen LogP contribution in [0.5, 0.6) is 0 Å². The lowest BCUT2D eigenvalue weighted by molar-refractivity contribution is -0.145. The lowest BCUT2D eigenvalue weighted by Crippen LogP contribution is -2.30. The first-order valence-corrected chi connectivity index (χ1v) is 7.32. The van der Waals surface area contributed by atoms with E-state index in [2.05, 4.69) is 5.32 Å². The number of rotatable bonds is 6. The van der Waals surface area contributed by atoms with Crippen LogP contribution >= 0.6 is 0 Å². The van der Waals surface area contributed by atoms with Crippen LogP contribution in [-0.4, -0.2) is 23.6 Å². The van der Waals surface area contributed by atoms with Gasteiger partial charge in [-0.1, -0.05) is 24.6 Å². The first-order valence-electron chi connectivity index (χ1n) is 7.32. The molecular weight excluding hydrogens is 270 g/mol. The Balaban J connectivity index is 2.07. The van der Waals surface area contributed by atoms with E-state index in [4.69, 9.17) is 9.84 Å². The van der Waals surface area contributed by atoms with Crippen LogP contribution in [0, 0.1) is 11.8 Å². The van der Waals surface area contributed by atoms with Gasteiger partial charge in [-0.3, -0.25) is 9.59 Å². The Labute approximate surface area is 124 Å². The van der Waals surface area contributed by atoms with E-state index in [1.54, 1.807) is 0 Å². The zero-order valence-corrected chi connectivity index (χ0v) is 12.2. The van der Waals surface area contributed by atoms with Gasteiger partial charge in [0.05, 0.1) is 18.4 Å². The molecular formula is C16H21NO4. The van der Waals surface area contributed by atoms with Crippen molar-refractivity contribution in [1.29, 1.82) is 0 Å². The van der Waals surface area contributed by atoms with E-state index in [-0.39, 0.29) is 5.91 Å². The van der Waals surface area contributed by atoms with Crippen LogP contribution < -0.4 is 5.32 Å². The van der Waals surface area contributed by atoms with Crippen molar-refractivity contribution >= 4 is 17.6 Å². The van der Waals surface area contributed by atoms with Gasteiger partial charge in [0, 0.05) is 17.9 Å². The number of nitrogens with one attached hydrogen (secondary N) is 1. The van der Waals surface area contributed by atoms with Gasteiger partial charge in [0.15, 0.2) is 0 Å². The number of hydrogen-bond donors (Lipinski definition) is 2.